The largest absolute Gasteiger partial charge is 0.378 e. The van der Waals surface area contributed by atoms with Gasteiger partial charge in [0.15, 0.2) is 0 Å². The van der Waals surface area contributed by atoms with E-state index in [1.807, 2.05) is 24.0 Å². The van der Waals surface area contributed by atoms with Gasteiger partial charge in [-0.2, -0.15) is 0 Å². The molecule has 2 saturated heterocycles. The second kappa shape index (κ2) is 5.73. The van der Waals surface area contributed by atoms with Crippen molar-refractivity contribution in [1.82, 2.24) is 9.88 Å². The number of hydrogen-bond donors (Lipinski definition) is 0. The molecule has 0 aliphatic carbocycles. The Kier molecular flexibility index (Phi) is 3.95. The lowest BCUT2D eigenvalue weighted by Crippen LogP contribution is -2.58. The number of nitrogens with zero attached hydrogens (tertiary/aromatic N) is 2. The van der Waals surface area contributed by atoms with E-state index < -0.39 is 0 Å². The molecule has 1 aromatic rings. The Labute approximate surface area is 125 Å². The molecular weight excluding hydrogens is 268 g/mol. The second-order valence-electron chi connectivity index (χ2n) is 5.89. The molecule has 5 nitrogen and oxygen atoms in total. The third kappa shape index (κ3) is 2.56. The van der Waals surface area contributed by atoms with Crippen molar-refractivity contribution in [3.05, 3.63) is 29.6 Å². The minimum absolute atomic E-state index is 0.0463. The number of pyridine rings is 1. The average molecular weight is 290 g/mol. The molecule has 114 valence electrons. The monoisotopic (exact) mass is 290 g/mol. The summed E-state index contributed by atoms with van der Waals surface area (Å²) in [6, 6.07) is 3.65. The van der Waals surface area contributed by atoms with E-state index in [4.69, 9.17) is 9.47 Å². The van der Waals surface area contributed by atoms with Crippen molar-refractivity contribution in [2.75, 3.05) is 26.8 Å². The molecule has 0 radical (unpaired) electrons. The number of hydrogen-bond acceptors (Lipinski definition) is 4. The first-order valence-electron chi connectivity index (χ1n) is 7.54. The minimum Gasteiger partial charge on any atom is -0.378 e. The molecule has 2 atom stereocenters. The fraction of sp³-hybridized carbons (Fsp3) is 0.625. The van der Waals surface area contributed by atoms with Crippen molar-refractivity contribution in [3.63, 3.8) is 0 Å². The SMILES string of the molecule is CO[C@H]1CCN(C(=O)c2cccnc2C)C[C@@]12CCCO2. The van der Waals surface area contributed by atoms with Crippen LogP contribution in [0.2, 0.25) is 0 Å². The quantitative estimate of drug-likeness (QED) is 0.833. The molecule has 2 aliphatic heterocycles. The van der Waals surface area contributed by atoms with Crippen LogP contribution in [0.4, 0.5) is 0 Å². The van der Waals surface area contributed by atoms with Gasteiger partial charge in [-0.05, 0) is 38.3 Å². The minimum atomic E-state index is -0.321. The molecule has 5 heteroatoms. The maximum Gasteiger partial charge on any atom is 0.255 e. The Balaban J connectivity index is 1.81. The molecule has 21 heavy (non-hydrogen) atoms. The van der Waals surface area contributed by atoms with Crippen LogP contribution < -0.4 is 0 Å². The van der Waals surface area contributed by atoms with Crippen molar-refractivity contribution in [3.8, 4) is 0 Å². The number of likely N-dealkylation sites (tertiary alicyclic amines) is 1. The molecule has 3 rings (SSSR count). The number of piperidine rings is 1. The van der Waals surface area contributed by atoms with Crippen LogP contribution >= 0.6 is 0 Å². The van der Waals surface area contributed by atoms with Gasteiger partial charge in [0.1, 0.15) is 5.60 Å². The maximum absolute atomic E-state index is 12.7. The Morgan fingerprint density at radius 1 is 1.57 bits per heavy atom. The van der Waals surface area contributed by atoms with E-state index in [9.17, 15) is 4.79 Å². The van der Waals surface area contributed by atoms with Crippen LogP contribution in [0, 0.1) is 6.92 Å². The van der Waals surface area contributed by atoms with Crippen LogP contribution in [0.25, 0.3) is 0 Å². The van der Waals surface area contributed by atoms with Gasteiger partial charge < -0.3 is 14.4 Å². The van der Waals surface area contributed by atoms with Crippen LogP contribution in [0.15, 0.2) is 18.3 Å². The van der Waals surface area contributed by atoms with Gasteiger partial charge in [-0.1, -0.05) is 0 Å². The van der Waals surface area contributed by atoms with Gasteiger partial charge in [0.05, 0.1) is 18.2 Å². The number of carbonyl (C=O) groups is 1. The summed E-state index contributed by atoms with van der Waals surface area (Å²) >= 11 is 0. The van der Waals surface area contributed by atoms with E-state index in [0.717, 1.165) is 31.6 Å². The highest BCUT2D eigenvalue weighted by atomic mass is 16.6. The summed E-state index contributed by atoms with van der Waals surface area (Å²) in [4.78, 5) is 18.9. The molecule has 0 N–H and O–H groups in total. The Hall–Kier alpha value is -1.46. The van der Waals surface area contributed by atoms with Crippen molar-refractivity contribution >= 4 is 5.91 Å². The third-order valence-corrected chi connectivity index (χ3v) is 4.65. The van der Waals surface area contributed by atoms with Crippen LogP contribution in [-0.4, -0.2) is 54.3 Å². The highest BCUT2D eigenvalue weighted by molar-refractivity contribution is 5.95. The van der Waals surface area contributed by atoms with Crippen LogP contribution in [0.1, 0.15) is 35.3 Å². The van der Waals surface area contributed by atoms with Crippen molar-refractivity contribution < 1.29 is 14.3 Å². The van der Waals surface area contributed by atoms with Crippen molar-refractivity contribution in [2.24, 2.45) is 0 Å². The molecule has 0 aromatic carbocycles. The molecule has 0 saturated carbocycles. The van der Waals surface area contributed by atoms with Crippen LogP contribution in [-0.2, 0) is 9.47 Å². The van der Waals surface area contributed by atoms with E-state index in [1.54, 1.807) is 13.3 Å². The fourth-order valence-corrected chi connectivity index (χ4v) is 3.52. The van der Waals surface area contributed by atoms with Crippen molar-refractivity contribution in [1.29, 1.82) is 0 Å². The van der Waals surface area contributed by atoms with Crippen LogP contribution in [0.3, 0.4) is 0 Å². The van der Waals surface area contributed by atoms with E-state index >= 15 is 0 Å². The predicted molar refractivity (Wildman–Crippen MR) is 78.2 cm³/mol. The van der Waals surface area contributed by atoms with Gasteiger partial charge in [-0.15, -0.1) is 0 Å². The van der Waals surface area contributed by atoms with Gasteiger partial charge in [-0.25, -0.2) is 0 Å². The zero-order chi connectivity index (χ0) is 14.9. The zero-order valence-corrected chi connectivity index (χ0v) is 12.7. The van der Waals surface area contributed by atoms with Crippen LogP contribution in [0.5, 0.6) is 0 Å². The summed E-state index contributed by atoms with van der Waals surface area (Å²) in [6.45, 7) is 3.94. The van der Waals surface area contributed by atoms with E-state index in [0.29, 0.717) is 18.7 Å². The third-order valence-electron chi connectivity index (χ3n) is 4.65. The van der Waals surface area contributed by atoms with E-state index in [2.05, 4.69) is 4.98 Å². The molecule has 1 spiro atoms. The first kappa shape index (κ1) is 14.5. The highest BCUT2D eigenvalue weighted by Gasteiger charge is 2.48. The van der Waals surface area contributed by atoms with Gasteiger partial charge >= 0.3 is 0 Å². The number of rotatable bonds is 2. The molecule has 2 fully saturated rings. The number of aryl methyl sites for hydroxylation is 1. The normalized spacial score (nSPS) is 29.0. The summed E-state index contributed by atoms with van der Waals surface area (Å²) in [5.41, 5.74) is 1.14. The number of amides is 1. The highest BCUT2D eigenvalue weighted by Crippen LogP contribution is 2.36. The molecule has 0 bridgehead atoms. The summed E-state index contributed by atoms with van der Waals surface area (Å²) in [5.74, 6) is 0.0463. The summed E-state index contributed by atoms with van der Waals surface area (Å²) < 4.78 is 11.6. The maximum atomic E-state index is 12.7. The lowest BCUT2D eigenvalue weighted by atomic mass is 9.86. The molecular formula is C16H22N2O3. The lowest BCUT2D eigenvalue weighted by Gasteiger charge is -2.44. The summed E-state index contributed by atoms with van der Waals surface area (Å²) in [6.07, 6.45) is 4.61. The van der Waals surface area contributed by atoms with Gasteiger partial charge in [0.2, 0.25) is 0 Å². The second-order valence-corrected chi connectivity index (χ2v) is 5.89. The molecule has 2 aliphatic rings. The standard InChI is InChI=1S/C16H22N2O3/c1-12-13(5-3-8-17-12)15(19)18-9-6-14(20-2)16(11-18)7-4-10-21-16/h3,5,8,14H,4,6-7,9-11H2,1-2H3/t14-,16-/m0/s1. The Bertz CT molecular complexity index is 526. The van der Waals surface area contributed by atoms with E-state index in [-0.39, 0.29) is 17.6 Å². The topological polar surface area (TPSA) is 51.7 Å². The molecule has 1 amide bonds. The Morgan fingerprint density at radius 2 is 2.43 bits per heavy atom. The zero-order valence-electron chi connectivity index (χ0n) is 12.7. The van der Waals surface area contributed by atoms with Gasteiger partial charge in [0.25, 0.3) is 5.91 Å². The molecule has 0 unspecified atom stereocenters. The lowest BCUT2D eigenvalue weighted by molar-refractivity contribution is -0.137. The number of methoxy groups -OCH3 is 1. The number of aromatic nitrogens is 1. The van der Waals surface area contributed by atoms with Crippen molar-refractivity contribution in [2.45, 2.75) is 37.9 Å². The predicted octanol–water partition coefficient (Wildman–Crippen LogP) is 1.80. The van der Waals surface area contributed by atoms with E-state index in [1.165, 1.54) is 0 Å². The smallest absolute Gasteiger partial charge is 0.255 e. The van der Waals surface area contributed by atoms with Gasteiger partial charge in [0, 0.05) is 32.2 Å². The fourth-order valence-electron chi connectivity index (χ4n) is 3.52. The Morgan fingerprint density at radius 3 is 3.10 bits per heavy atom. The molecule has 3 heterocycles. The first-order chi connectivity index (χ1) is 10.2. The molecule has 1 aromatic heterocycles. The summed E-state index contributed by atoms with van der Waals surface area (Å²) in [5, 5.41) is 0. The number of carbonyl (C=O) groups excluding carboxylic acids is 1. The van der Waals surface area contributed by atoms with Gasteiger partial charge in [-0.3, -0.25) is 9.78 Å². The first-order valence-corrected chi connectivity index (χ1v) is 7.54. The average Bonchev–Trinajstić information content (AvgIpc) is 2.96. The summed E-state index contributed by atoms with van der Waals surface area (Å²) in [7, 11) is 1.73. The number of ether oxygens (including phenoxy) is 2.